The number of carbonyl (C=O) groups excluding carboxylic acids is 1. The number of ether oxygens (including phenoxy) is 1. The quantitative estimate of drug-likeness (QED) is 0.544. The third kappa shape index (κ3) is 6.69. The van der Waals surface area contributed by atoms with Crippen LogP contribution in [0, 0.1) is 13.8 Å². The number of piperidine rings is 1. The summed E-state index contributed by atoms with van der Waals surface area (Å²) in [5.74, 6) is 0.317. The Kier molecular flexibility index (Phi) is 9.46. The number of carbonyl (C=O) groups is 1. The molecule has 3 heterocycles. The predicted octanol–water partition coefficient (Wildman–Crippen LogP) is 5.14. The molecule has 7 heteroatoms. The predicted molar refractivity (Wildman–Crippen MR) is 149 cm³/mol. The highest BCUT2D eigenvalue weighted by atomic mass is 32.2. The SMILES string of the molecule is CN1[C@@H]2CC[C@H]1C[C@@H](OC(=O)C(CO)c1ccccc1)C2.Cc1cccc(C)c1NC1=NCCCS1. The summed E-state index contributed by atoms with van der Waals surface area (Å²) >= 11 is 1.81. The van der Waals surface area contributed by atoms with Crippen molar-refractivity contribution in [1.29, 1.82) is 0 Å². The van der Waals surface area contributed by atoms with Crippen molar-refractivity contribution in [2.24, 2.45) is 4.99 Å². The monoisotopic (exact) mass is 509 g/mol. The lowest BCUT2D eigenvalue weighted by Crippen LogP contribution is -2.43. The lowest BCUT2D eigenvalue weighted by atomic mass is 9.98. The van der Waals surface area contributed by atoms with Gasteiger partial charge in [-0.2, -0.15) is 0 Å². The van der Waals surface area contributed by atoms with Crippen molar-refractivity contribution >= 4 is 28.6 Å². The Morgan fingerprint density at radius 3 is 2.36 bits per heavy atom. The second-order valence-corrected chi connectivity index (χ2v) is 11.1. The largest absolute Gasteiger partial charge is 0.462 e. The number of para-hydroxylation sites is 1. The molecule has 4 atom stereocenters. The summed E-state index contributed by atoms with van der Waals surface area (Å²) in [6.07, 6.45) is 5.46. The molecule has 3 aliphatic heterocycles. The van der Waals surface area contributed by atoms with Crippen molar-refractivity contribution in [2.45, 2.75) is 70.1 Å². The maximum Gasteiger partial charge on any atom is 0.316 e. The minimum Gasteiger partial charge on any atom is -0.462 e. The van der Waals surface area contributed by atoms with Gasteiger partial charge in [-0.15, -0.1) is 0 Å². The van der Waals surface area contributed by atoms with E-state index in [9.17, 15) is 9.90 Å². The second-order valence-electron chi connectivity index (χ2n) is 10.0. The van der Waals surface area contributed by atoms with E-state index in [4.69, 9.17) is 4.74 Å². The van der Waals surface area contributed by atoms with Crippen molar-refractivity contribution < 1.29 is 14.6 Å². The van der Waals surface area contributed by atoms with Crippen LogP contribution in [0.4, 0.5) is 5.69 Å². The van der Waals surface area contributed by atoms with Crippen LogP contribution < -0.4 is 5.32 Å². The first-order chi connectivity index (χ1) is 17.5. The van der Waals surface area contributed by atoms with Crippen LogP contribution in [0.3, 0.4) is 0 Å². The van der Waals surface area contributed by atoms with Crippen LogP contribution in [0.2, 0.25) is 0 Å². The van der Waals surface area contributed by atoms with Gasteiger partial charge in [-0.1, -0.05) is 60.3 Å². The number of aliphatic hydroxyl groups is 1. The van der Waals surface area contributed by atoms with E-state index in [0.717, 1.165) is 30.1 Å². The Bertz CT molecular complexity index is 1010. The molecule has 5 rings (SSSR count). The highest BCUT2D eigenvalue weighted by Crippen LogP contribution is 2.36. The number of rotatable bonds is 5. The van der Waals surface area contributed by atoms with E-state index in [0.29, 0.717) is 12.1 Å². The molecule has 0 aromatic heterocycles. The van der Waals surface area contributed by atoms with Crippen LogP contribution >= 0.6 is 11.8 Å². The van der Waals surface area contributed by atoms with Crippen molar-refractivity contribution in [1.82, 2.24) is 4.90 Å². The molecule has 0 radical (unpaired) electrons. The summed E-state index contributed by atoms with van der Waals surface area (Å²) in [7, 11) is 2.17. The Morgan fingerprint density at radius 2 is 1.78 bits per heavy atom. The van der Waals surface area contributed by atoms with Crippen LogP contribution in [0.1, 0.15) is 54.7 Å². The van der Waals surface area contributed by atoms with Crippen LogP contribution in [0.25, 0.3) is 0 Å². The number of aliphatic hydroxyl groups excluding tert-OH is 1. The number of amidine groups is 1. The van der Waals surface area contributed by atoms with E-state index >= 15 is 0 Å². The zero-order valence-electron chi connectivity index (χ0n) is 21.7. The number of hydrogen-bond acceptors (Lipinski definition) is 7. The van der Waals surface area contributed by atoms with Crippen molar-refractivity contribution in [2.75, 3.05) is 31.3 Å². The molecule has 2 bridgehead atoms. The van der Waals surface area contributed by atoms with Gasteiger partial charge in [0.2, 0.25) is 0 Å². The number of hydrogen-bond donors (Lipinski definition) is 2. The summed E-state index contributed by atoms with van der Waals surface area (Å²) in [6.45, 7) is 5.01. The zero-order chi connectivity index (χ0) is 25.5. The first kappa shape index (κ1) is 26.7. The van der Waals surface area contributed by atoms with Gasteiger partial charge in [0.05, 0.1) is 6.61 Å². The fourth-order valence-corrected chi connectivity index (χ4v) is 6.18. The molecule has 36 heavy (non-hydrogen) atoms. The Morgan fingerprint density at radius 1 is 1.11 bits per heavy atom. The van der Waals surface area contributed by atoms with Gasteiger partial charge < -0.3 is 20.1 Å². The fraction of sp³-hybridized carbons (Fsp3) is 0.517. The maximum absolute atomic E-state index is 12.4. The van der Waals surface area contributed by atoms with E-state index in [-0.39, 0.29) is 18.7 Å². The Balaban J connectivity index is 0.000000179. The molecule has 1 unspecified atom stereocenters. The number of anilines is 1. The normalized spacial score (nSPS) is 24.2. The number of thioether (sulfide) groups is 1. The topological polar surface area (TPSA) is 74.2 Å². The summed E-state index contributed by atoms with van der Waals surface area (Å²) < 4.78 is 5.70. The summed E-state index contributed by atoms with van der Waals surface area (Å²) in [5.41, 5.74) is 4.60. The first-order valence-corrected chi connectivity index (χ1v) is 14.0. The van der Waals surface area contributed by atoms with E-state index in [1.807, 2.05) is 42.1 Å². The molecule has 6 nitrogen and oxygen atoms in total. The lowest BCUT2D eigenvalue weighted by Gasteiger charge is -2.36. The van der Waals surface area contributed by atoms with Gasteiger partial charge >= 0.3 is 5.97 Å². The number of nitrogens with one attached hydrogen (secondary N) is 1. The van der Waals surface area contributed by atoms with Gasteiger partial charge in [0.15, 0.2) is 5.17 Å². The third-order valence-corrected chi connectivity index (χ3v) is 8.51. The summed E-state index contributed by atoms with van der Waals surface area (Å²) in [6, 6.07) is 16.8. The van der Waals surface area contributed by atoms with Crippen molar-refractivity contribution in [3.8, 4) is 0 Å². The second kappa shape index (κ2) is 12.7. The average Bonchev–Trinajstić information content (AvgIpc) is 3.09. The molecule has 2 aromatic carbocycles. The van der Waals surface area contributed by atoms with E-state index in [2.05, 4.69) is 54.3 Å². The molecule has 2 fully saturated rings. The van der Waals surface area contributed by atoms with Crippen molar-refractivity contribution in [3.63, 3.8) is 0 Å². The maximum atomic E-state index is 12.4. The molecule has 0 saturated carbocycles. The lowest BCUT2D eigenvalue weighted by molar-refractivity contribution is -0.155. The highest BCUT2D eigenvalue weighted by molar-refractivity contribution is 8.14. The van der Waals surface area contributed by atoms with E-state index in [1.165, 1.54) is 41.8 Å². The summed E-state index contributed by atoms with van der Waals surface area (Å²) in [5, 5.41) is 14.0. The Labute approximate surface area is 219 Å². The van der Waals surface area contributed by atoms with E-state index in [1.54, 1.807) is 0 Å². The van der Waals surface area contributed by atoms with Crippen LogP contribution in [0.5, 0.6) is 0 Å². The highest BCUT2D eigenvalue weighted by Gasteiger charge is 2.40. The molecule has 2 aromatic rings. The van der Waals surface area contributed by atoms with Gasteiger partial charge in [0.25, 0.3) is 0 Å². The molecule has 0 spiro atoms. The molecule has 2 saturated heterocycles. The van der Waals surface area contributed by atoms with Crippen molar-refractivity contribution in [3.05, 3.63) is 65.2 Å². The molecule has 194 valence electrons. The molecule has 0 amide bonds. The zero-order valence-corrected chi connectivity index (χ0v) is 22.5. The number of aryl methyl sites for hydroxylation is 2. The molecule has 3 aliphatic rings. The minimum atomic E-state index is -0.566. The number of aliphatic imine (C=N–C) groups is 1. The van der Waals surface area contributed by atoms with Gasteiger partial charge in [0.1, 0.15) is 12.0 Å². The Hall–Kier alpha value is -2.35. The number of nitrogens with zero attached hydrogens (tertiary/aromatic N) is 2. The number of esters is 1. The molecular formula is C29H39N3O3S. The first-order valence-electron chi connectivity index (χ1n) is 13.0. The number of fused-ring (bicyclic) bond motifs is 2. The van der Waals surface area contributed by atoms with Gasteiger partial charge in [-0.25, -0.2) is 0 Å². The van der Waals surface area contributed by atoms with Gasteiger partial charge in [-0.05, 0) is 69.7 Å². The average molecular weight is 510 g/mol. The summed E-state index contributed by atoms with van der Waals surface area (Å²) in [4.78, 5) is 19.3. The molecular weight excluding hydrogens is 470 g/mol. The van der Waals surface area contributed by atoms with E-state index < -0.39 is 5.92 Å². The standard InChI is InChI=1S/C17H23NO3.C12H16N2S/c1-18-13-7-8-14(18)10-15(9-13)21-17(20)16(11-19)12-5-3-2-4-6-12;1-9-5-3-6-10(2)11(9)14-12-13-7-4-8-15-12/h2-6,13-16,19H,7-11H2,1H3;3,5-6H,4,7-8H2,1-2H3,(H,13,14)/t13-,14+,15+,16?;. The minimum absolute atomic E-state index is 0.00367. The van der Waals surface area contributed by atoms with Gasteiger partial charge in [0, 0.05) is 30.1 Å². The van der Waals surface area contributed by atoms with Crippen LogP contribution in [0.15, 0.2) is 53.5 Å². The molecule has 2 N–H and O–H groups in total. The number of benzene rings is 2. The molecule has 0 aliphatic carbocycles. The van der Waals surface area contributed by atoms with Crippen LogP contribution in [-0.4, -0.2) is 65.3 Å². The van der Waals surface area contributed by atoms with Crippen LogP contribution in [-0.2, 0) is 9.53 Å². The fourth-order valence-electron chi connectivity index (χ4n) is 5.36. The third-order valence-electron chi connectivity index (χ3n) is 7.52. The van der Waals surface area contributed by atoms with Gasteiger partial charge in [-0.3, -0.25) is 9.79 Å². The smallest absolute Gasteiger partial charge is 0.316 e.